The average molecular weight is 511 g/mol. The predicted molar refractivity (Wildman–Crippen MR) is 147 cm³/mol. The Bertz CT molecular complexity index is 497. The lowest BCUT2D eigenvalue weighted by Crippen LogP contribution is -2.28. The van der Waals surface area contributed by atoms with E-state index >= 15 is 0 Å². The number of carbonyl (C=O) groups excluding carboxylic acids is 1. The molecule has 0 radical (unpaired) electrons. The van der Waals surface area contributed by atoms with Crippen LogP contribution in [0.15, 0.2) is 0 Å². The number of ether oxygens (including phenoxy) is 4. The molecule has 0 N–H and O–H groups in total. The molecule has 2 rings (SSSR count). The van der Waals surface area contributed by atoms with Crippen LogP contribution in [0.5, 0.6) is 0 Å². The Hall–Kier alpha value is -0.650. The van der Waals surface area contributed by atoms with Crippen molar-refractivity contribution in [3.05, 3.63) is 0 Å². The van der Waals surface area contributed by atoms with Crippen molar-refractivity contribution in [2.45, 2.75) is 141 Å². The summed E-state index contributed by atoms with van der Waals surface area (Å²) in [5, 5.41) is 0. The van der Waals surface area contributed by atoms with Crippen molar-refractivity contribution in [1.29, 1.82) is 0 Å². The Morgan fingerprint density at radius 1 is 0.583 bits per heavy atom. The molecule has 5 heteroatoms. The third-order valence-corrected chi connectivity index (χ3v) is 8.21. The molecule has 2 saturated carbocycles. The van der Waals surface area contributed by atoms with Crippen molar-refractivity contribution in [2.24, 2.45) is 11.8 Å². The van der Waals surface area contributed by atoms with Gasteiger partial charge in [0.05, 0.1) is 39.1 Å². The fourth-order valence-electron chi connectivity index (χ4n) is 5.97. The van der Waals surface area contributed by atoms with Crippen LogP contribution in [-0.2, 0) is 23.7 Å². The van der Waals surface area contributed by atoms with Crippen LogP contribution in [-0.4, -0.2) is 51.7 Å². The Kier molecular flexibility index (Phi) is 19.6. The molecule has 0 aromatic rings. The topological polar surface area (TPSA) is 54.0 Å². The number of carbonyl (C=O) groups is 1. The largest absolute Gasteiger partial charge is 0.463 e. The highest BCUT2D eigenvalue weighted by Gasteiger charge is 2.28. The summed E-state index contributed by atoms with van der Waals surface area (Å²) in [6, 6.07) is 0. The molecule has 0 aromatic carbocycles. The molecular weight excluding hydrogens is 452 g/mol. The standard InChI is InChI=1S/C31H58O5/c1-2-3-4-5-6-7-8-9-10-14-17-31(32)36-27-25-34-23-22-33-24-26-35-30-20-18-29(19-21-30)28-15-12-11-13-16-28/h28-30H,2-27H2,1H3. The molecule has 0 saturated heterocycles. The molecule has 0 heterocycles. The summed E-state index contributed by atoms with van der Waals surface area (Å²) in [6.07, 6.45) is 26.1. The lowest BCUT2D eigenvalue weighted by molar-refractivity contribution is -0.145. The molecule has 2 fully saturated rings. The van der Waals surface area contributed by atoms with Crippen LogP contribution >= 0.6 is 0 Å². The van der Waals surface area contributed by atoms with E-state index in [1.54, 1.807) is 0 Å². The van der Waals surface area contributed by atoms with Gasteiger partial charge in [-0.25, -0.2) is 0 Å². The van der Waals surface area contributed by atoms with E-state index in [9.17, 15) is 4.79 Å². The molecule has 0 spiro atoms. The minimum Gasteiger partial charge on any atom is -0.463 e. The van der Waals surface area contributed by atoms with Crippen LogP contribution in [0.25, 0.3) is 0 Å². The number of rotatable bonds is 22. The van der Waals surface area contributed by atoms with Gasteiger partial charge in [0.15, 0.2) is 0 Å². The lowest BCUT2D eigenvalue weighted by atomic mass is 9.73. The van der Waals surface area contributed by atoms with E-state index in [1.165, 1.54) is 109 Å². The Morgan fingerprint density at radius 2 is 1.11 bits per heavy atom. The smallest absolute Gasteiger partial charge is 0.305 e. The summed E-state index contributed by atoms with van der Waals surface area (Å²) in [4.78, 5) is 11.8. The maximum Gasteiger partial charge on any atom is 0.305 e. The van der Waals surface area contributed by atoms with Crippen LogP contribution in [0.1, 0.15) is 135 Å². The normalized spacial score (nSPS) is 21.0. The molecule has 0 unspecified atom stereocenters. The Labute approximate surface area is 222 Å². The third kappa shape index (κ3) is 16.2. The molecule has 0 aromatic heterocycles. The van der Waals surface area contributed by atoms with Gasteiger partial charge < -0.3 is 18.9 Å². The van der Waals surface area contributed by atoms with Gasteiger partial charge in [-0.05, 0) is 43.9 Å². The molecule has 2 aliphatic rings. The summed E-state index contributed by atoms with van der Waals surface area (Å²) < 4.78 is 22.4. The highest BCUT2D eigenvalue weighted by Crippen LogP contribution is 2.38. The van der Waals surface area contributed by atoms with E-state index in [4.69, 9.17) is 18.9 Å². The van der Waals surface area contributed by atoms with Gasteiger partial charge in [0, 0.05) is 6.42 Å². The van der Waals surface area contributed by atoms with E-state index in [-0.39, 0.29) is 5.97 Å². The van der Waals surface area contributed by atoms with Crippen molar-refractivity contribution < 1.29 is 23.7 Å². The fourth-order valence-corrected chi connectivity index (χ4v) is 5.97. The zero-order valence-corrected chi connectivity index (χ0v) is 23.7. The average Bonchev–Trinajstić information content (AvgIpc) is 2.91. The van der Waals surface area contributed by atoms with Gasteiger partial charge in [0.2, 0.25) is 0 Å². The zero-order valence-electron chi connectivity index (χ0n) is 23.7. The minimum atomic E-state index is -0.0978. The van der Waals surface area contributed by atoms with Crippen LogP contribution in [0, 0.1) is 11.8 Å². The SMILES string of the molecule is CCCCCCCCCCCCC(=O)OCCOCCOCCOC1CCC(C2CCCCC2)CC1. The molecular formula is C31H58O5. The van der Waals surface area contributed by atoms with Gasteiger partial charge in [-0.1, -0.05) is 96.8 Å². The molecule has 212 valence electrons. The van der Waals surface area contributed by atoms with Crippen LogP contribution in [0.4, 0.5) is 0 Å². The first-order valence-corrected chi connectivity index (χ1v) is 15.7. The third-order valence-electron chi connectivity index (χ3n) is 8.21. The second-order valence-electron chi connectivity index (χ2n) is 11.2. The summed E-state index contributed by atoms with van der Waals surface area (Å²) in [6.45, 7) is 5.42. The number of unbranched alkanes of at least 4 members (excludes halogenated alkanes) is 9. The van der Waals surface area contributed by atoms with Crippen molar-refractivity contribution >= 4 is 5.97 Å². The summed E-state index contributed by atoms with van der Waals surface area (Å²) in [7, 11) is 0. The van der Waals surface area contributed by atoms with Gasteiger partial charge >= 0.3 is 5.97 Å². The highest BCUT2D eigenvalue weighted by molar-refractivity contribution is 5.69. The van der Waals surface area contributed by atoms with Crippen LogP contribution < -0.4 is 0 Å². The lowest BCUT2D eigenvalue weighted by Gasteiger charge is -2.35. The number of hydrogen-bond acceptors (Lipinski definition) is 5. The molecule has 0 bridgehead atoms. The van der Waals surface area contributed by atoms with Crippen molar-refractivity contribution in [2.75, 3.05) is 39.6 Å². The second kappa shape index (κ2) is 22.3. The van der Waals surface area contributed by atoms with Crippen molar-refractivity contribution in [1.82, 2.24) is 0 Å². The van der Waals surface area contributed by atoms with E-state index in [1.807, 2.05) is 0 Å². The van der Waals surface area contributed by atoms with Gasteiger partial charge in [-0.3, -0.25) is 4.79 Å². The predicted octanol–water partition coefficient (Wildman–Crippen LogP) is 8.03. The maximum atomic E-state index is 11.8. The molecule has 0 amide bonds. The van der Waals surface area contributed by atoms with Gasteiger partial charge in [-0.15, -0.1) is 0 Å². The van der Waals surface area contributed by atoms with E-state index in [2.05, 4.69) is 6.92 Å². The van der Waals surface area contributed by atoms with Crippen molar-refractivity contribution in [3.63, 3.8) is 0 Å². The van der Waals surface area contributed by atoms with Gasteiger partial charge in [0.1, 0.15) is 6.61 Å². The number of hydrogen-bond donors (Lipinski definition) is 0. The summed E-state index contributed by atoms with van der Waals surface area (Å²) >= 11 is 0. The van der Waals surface area contributed by atoms with Gasteiger partial charge in [-0.2, -0.15) is 0 Å². The summed E-state index contributed by atoms with van der Waals surface area (Å²) in [5.41, 5.74) is 0. The van der Waals surface area contributed by atoms with Crippen molar-refractivity contribution in [3.8, 4) is 0 Å². The molecule has 2 aliphatic carbocycles. The highest BCUT2D eigenvalue weighted by atomic mass is 16.6. The zero-order chi connectivity index (χ0) is 25.5. The molecule has 0 aliphatic heterocycles. The Morgan fingerprint density at radius 3 is 1.75 bits per heavy atom. The monoisotopic (exact) mass is 510 g/mol. The molecule has 36 heavy (non-hydrogen) atoms. The van der Waals surface area contributed by atoms with Gasteiger partial charge in [0.25, 0.3) is 0 Å². The van der Waals surface area contributed by atoms with E-state index in [0.29, 0.717) is 52.2 Å². The number of esters is 1. The van der Waals surface area contributed by atoms with Crippen LogP contribution in [0.3, 0.4) is 0 Å². The van der Waals surface area contributed by atoms with E-state index in [0.717, 1.165) is 24.7 Å². The molecule has 5 nitrogen and oxygen atoms in total. The first kappa shape index (κ1) is 31.6. The first-order valence-electron chi connectivity index (χ1n) is 15.7. The van der Waals surface area contributed by atoms with Crippen LogP contribution in [0.2, 0.25) is 0 Å². The maximum absolute atomic E-state index is 11.8. The van der Waals surface area contributed by atoms with E-state index < -0.39 is 0 Å². The summed E-state index contributed by atoms with van der Waals surface area (Å²) in [5.74, 6) is 1.85. The molecule has 0 atom stereocenters. The quantitative estimate of drug-likeness (QED) is 0.109. The minimum absolute atomic E-state index is 0.0978. The Balaban J connectivity index is 1.26. The fraction of sp³-hybridized carbons (Fsp3) is 0.968. The first-order chi connectivity index (χ1) is 17.8. The second-order valence-corrected chi connectivity index (χ2v) is 11.2.